The molecule has 0 saturated carbocycles. The smallest absolute Gasteiger partial charge is 0.407 e. The quantitative estimate of drug-likeness (QED) is 0.888. The lowest BCUT2D eigenvalue weighted by Gasteiger charge is -2.21. The van der Waals surface area contributed by atoms with Gasteiger partial charge in [0.2, 0.25) is 0 Å². The van der Waals surface area contributed by atoms with Gasteiger partial charge in [-0.1, -0.05) is 30.3 Å². The van der Waals surface area contributed by atoms with Crippen molar-refractivity contribution in [2.75, 3.05) is 12.3 Å². The van der Waals surface area contributed by atoms with E-state index in [4.69, 9.17) is 10.5 Å². The number of nitrogen functional groups attached to an aromatic ring is 1. The molecule has 0 aliphatic carbocycles. The van der Waals surface area contributed by atoms with E-state index in [1.165, 1.54) is 0 Å². The highest BCUT2D eigenvalue weighted by molar-refractivity contribution is 5.67. The van der Waals surface area contributed by atoms with Crippen molar-refractivity contribution in [1.29, 1.82) is 0 Å². The number of hydrogen-bond donors (Lipinski definition) is 2. The molecule has 1 aromatic heterocycles. The van der Waals surface area contributed by atoms with Gasteiger partial charge >= 0.3 is 6.09 Å². The minimum Gasteiger partial charge on any atom is -0.444 e. The van der Waals surface area contributed by atoms with Crippen molar-refractivity contribution in [3.63, 3.8) is 0 Å². The van der Waals surface area contributed by atoms with Crippen LogP contribution in [0.4, 0.5) is 10.5 Å². The molecular weight excluding hydrogens is 292 g/mol. The molecule has 0 aliphatic heterocycles. The number of rotatable bonds is 5. The number of alkyl carbamates (subject to hydrolysis) is 1. The first-order valence-electron chi connectivity index (χ1n) is 7.66. The van der Waals surface area contributed by atoms with Crippen LogP contribution < -0.4 is 11.1 Å². The zero-order valence-corrected chi connectivity index (χ0v) is 13.8. The predicted octanol–water partition coefficient (Wildman–Crippen LogP) is 2.97. The summed E-state index contributed by atoms with van der Waals surface area (Å²) in [7, 11) is 0. The number of ether oxygens (including phenoxy) is 1. The lowest BCUT2D eigenvalue weighted by Crippen LogP contribution is -2.33. The molecule has 1 atom stereocenters. The number of carbonyl (C=O) groups excluding carboxylic acids is 1. The molecule has 1 amide bonds. The van der Waals surface area contributed by atoms with Crippen LogP contribution in [0.3, 0.4) is 0 Å². The third-order valence-corrected chi connectivity index (χ3v) is 3.21. The number of benzene rings is 1. The van der Waals surface area contributed by atoms with Crippen molar-refractivity contribution < 1.29 is 9.53 Å². The zero-order valence-electron chi connectivity index (χ0n) is 13.8. The molecule has 0 radical (unpaired) electrons. The fourth-order valence-corrected chi connectivity index (χ4v) is 2.28. The molecule has 124 valence electrons. The summed E-state index contributed by atoms with van der Waals surface area (Å²) in [6, 6.07) is 10.0. The molecule has 1 aromatic carbocycles. The second-order valence-electron chi connectivity index (χ2n) is 6.40. The van der Waals surface area contributed by atoms with Gasteiger partial charge in [-0.05, 0) is 32.8 Å². The Morgan fingerprint density at radius 2 is 2.04 bits per heavy atom. The first kappa shape index (κ1) is 16.9. The van der Waals surface area contributed by atoms with Crippen molar-refractivity contribution in [1.82, 2.24) is 15.1 Å². The van der Waals surface area contributed by atoms with E-state index in [0.29, 0.717) is 18.7 Å². The van der Waals surface area contributed by atoms with Crippen LogP contribution in [0.2, 0.25) is 0 Å². The third kappa shape index (κ3) is 5.32. The van der Waals surface area contributed by atoms with Gasteiger partial charge in [0.1, 0.15) is 5.60 Å². The molecule has 0 fully saturated rings. The molecule has 1 heterocycles. The summed E-state index contributed by atoms with van der Waals surface area (Å²) >= 11 is 0. The highest BCUT2D eigenvalue weighted by Crippen LogP contribution is 2.21. The number of nitrogens with zero attached hydrogens (tertiary/aromatic N) is 2. The van der Waals surface area contributed by atoms with Gasteiger partial charge in [-0.3, -0.25) is 4.68 Å². The molecular formula is C17H24N4O2. The van der Waals surface area contributed by atoms with Crippen molar-refractivity contribution in [2.45, 2.75) is 38.8 Å². The molecule has 1 unspecified atom stereocenters. The summed E-state index contributed by atoms with van der Waals surface area (Å²) in [4.78, 5) is 11.7. The first-order chi connectivity index (χ1) is 10.8. The van der Waals surface area contributed by atoms with Crippen molar-refractivity contribution in [3.8, 4) is 0 Å². The van der Waals surface area contributed by atoms with E-state index in [-0.39, 0.29) is 6.04 Å². The van der Waals surface area contributed by atoms with Crippen LogP contribution in [0.1, 0.15) is 38.8 Å². The Morgan fingerprint density at radius 1 is 1.35 bits per heavy atom. The van der Waals surface area contributed by atoms with Crippen LogP contribution in [0, 0.1) is 0 Å². The monoisotopic (exact) mass is 316 g/mol. The second kappa shape index (κ2) is 7.17. The second-order valence-corrected chi connectivity index (χ2v) is 6.40. The van der Waals surface area contributed by atoms with Crippen LogP contribution in [0.25, 0.3) is 0 Å². The van der Waals surface area contributed by atoms with E-state index in [0.717, 1.165) is 5.56 Å². The molecule has 0 spiro atoms. The minimum absolute atomic E-state index is 0.00318. The number of hydrogen-bond acceptors (Lipinski definition) is 4. The van der Waals surface area contributed by atoms with Gasteiger partial charge in [0.05, 0.1) is 17.9 Å². The first-order valence-corrected chi connectivity index (χ1v) is 7.66. The van der Waals surface area contributed by atoms with Gasteiger partial charge in [0.15, 0.2) is 0 Å². The Balaban J connectivity index is 2.01. The van der Waals surface area contributed by atoms with Crippen LogP contribution in [-0.4, -0.2) is 28.0 Å². The van der Waals surface area contributed by atoms with E-state index in [9.17, 15) is 4.79 Å². The summed E-state index contributed by atoms with van der Waals surface area (Å²) < 4.78 is 7.06. The van der Waals surface area contributed by atoms with E-state index >= 15 is 0 Å². The molecule has 0 bridgehead atoms. The molecule has 23 heavy (non-hydrogen) atoms. The fourth-order valence-electron chi connectivity index (χ4n) is 2.28. The van der Waals surface area contributed by atoms with Crippen molar-refractivity contribution in [3.05, 3.63) is 48.3 Å². The lowest BCUT2D eigenvalue weighted by atomic mass is 10.0. The van der Waals surface area contributed by atoms with E-state index in [1.807, 2.05) is 55.8 Å². The maximum absolute atomic E-state index is 11.7. The number of amides is 1. The largest absolute Gasteiger partial charge is 0.444 e. The van der Waals surface area contributed by atoms with Crippen LogP contribution in [0.15, 0.2) is 42.7 Å². The predicted molar refractivity (Wildman–Crippen MR) is 90.1 cm³/mol. The minimum atomic E-state index is -0.501. The van der Waals surface area contributed by atoms with Gasteiger partial charge in [-0.25, -0.2) is 4.79 Å². The van der Waals surface area contributed by atoms with Gasteiger partial charge in [-0.2, -0.15) is 5.10 Å². The molecule has 2 aromatic rings. The van der Waals surface area contributed by atoms with Crippen LogP contribution >= 0.6 is 0 Å². The van der Waals surface area contributed by atoms with Crippen LogP contribution in [0.5, 0.6) is 0 Å². The number of carbonyl (C=O) groups is 1. The number of nitrogens with two attached hydrogens (primary N) is 1. The zero-order chi connectivity index (χ0) is 16.9. The maximum Gasteiger partial charge on any atom is 0.407 e. The van der Waals surface area contributed by atoms with Gasteiger partial charge in [0, 0.05) is 12.7 Å². The number of anilines is 1. The van der Waals surface area contributed by atoms with Gasteiger partial charge in [0.25, 0.3) is 0 Å². The average molecular weight is 316 g/mol. The highest BCUT2D eigenvalue weighted by Gasteiger charge is 2.18. The van der Waals surface area contributed by atoms with Crippen LogP contribution in [-0.2, 0) is 4.74 Å². The Morgan fingerprint density at radius 3 is 2.61 bits per heavy atom. The molecule has 0 aliphatic rings. The third-order valence-electron chi connectivity index (χ3n) is 3.21. The summed E-state index contributed by atoms with van der Waals surface area (Å²) in [5, 5.41) is 7.08. The molecule has 0 saturated heterocycles. The standard InChI is InChI=1S/C17H24N4O2/c1-17(2,3)23-16(22)19-10-9-15(13-7-5-4-6-8-13)21-12-14(18)11-20-21/h4-8,11-12,15H,9-10,18H2,1-3H3,(H,19,22). The Hall–Kier alpha value is -2.50. The average Bonchev–Trinajstić information content (AvgIpc) is 2.89. The lowest BCUT2D eigenvalue weighted by molar-refractivity contribution is 0.0525. The van der Waals surface area contributed by atoms with Crippen molar-refractivity contribution >= 4 is 11.8 Å². The maximum atomic E-state index is 11.7. The Bertz CT molecular complexity index is 632. The molecule has 3 N–H and O–H groups in total. The van der Waals surface area contributed by atoms with Gasteiger partial charge in [-0.15, -0.1) is 0 Å². The van der Waals surface area contributed by atoms with Crippen molar-refractivity contribution in [2.24, 2.45) is 0 Å². The highest BCUT2D eigenvalue weighted by atomic mass is 16.6. The normalized spacial score (nSPS) is 12.7. The Labute approximate surface area is 136 Å². The summed E-state index contributed by atoms with van der Waals surface area (Å²) in [5.74, 6) is 0. The van der Waals surface area contributed by atoms with E-state index in [2.05, 4.69) is 10.4 Å². The Kier molecular flexibility index (Phi) is 5.26. The SMILES string of the molecule is CC(C)(C)OC(=O)NCCC(c1ccccc1)n1cc(N)cn1. The fraction of sp³-hybridized carbons (Fsp3) is 0.412. The number of aromatic nitrogens is 2. The summed E-state index contributed by atoms with van der Waals surface area (Å²) in [5.41, 5.74) is 7.00. The summed E-state index contributed by atoms with van der Waals surface area (Å²) in [6.07, 6.45) is 3.69. The van der Waals surface area contributed by atoms with Gasteiger partial charge < -0.3 is 15.8 Å². The number of nitrogens with one attached hydrogen (secondary N) is 1. The molecule has 6 nitrogen and oxygen atoms in total. The molecule has 2 rings (SSSR count). The molecule has 6 heteroatoms. The summed E-state index contributed by atoms with van der Waals surface area (Å²) in [6.45, 7) is 6.00. The van der Waals surface area contributed by atoms with E-state index in [1.54, 1.807) is 12.4 Å². The van der Waals surface area contributed by atoms with E-state index < -0.39 is 11.7 Å². The topological polar surface area (TPSA) is 82.2 Å².